The molecule has 31 heavy (non-hydrogen) atoms. The Balaban J connectivity index is 2.08. The summed E-state index contributed by atoms with van der Waals surface area (Å²) in [4.78, 5) is 11.5. The number of aryl methyl sites for hydroxylation is 1. The van der Waals surface area contributed by atoms with Crippen molar-refractivity contribution in [1.82, 2.24) is 4.98 Å². The summed E-state index contributed by atoms with van der Waals surface area (Å²) in [6, 6.07) is 0. The molecule has 0 amide bonds. The fraction of sp³-hybridized carbons (Fsp3) is 0.680. The third-order valence-electron chi connectivity index (χ3n) is 6.48. The van der Waals surface area contributed by atoms with Gasteiger partial charge in [0.15, 0.2) is 14.4 Å². The first-order chi connectivity index (χ1) is 14.4. The summed E-state index contributed by atoms with van der Waals surface area (Å²) in [5.74, 6) is 0.600. The van der Waals surface area contributed by atoms with Crippen molar-refractivity contribution in [2.75, 3.05) is 0 Å². The van der Waals surface area contributed by atoms with Crippen LogP contribution < -0.4 is 0 Å². The van der Waals surface area contributed by atoms with Crippen molar-refractivity contribution in [1.29, 1.82) is 0 Å². The topological polar surface area (TPSA) is 43.7 Å². The van der Waals surface area contributed by atoms with Crippen molar-refractivity contribution in [2.45, 2.75) is 104 Å². The molecule has 0 aromatic carbocycles. The molecular weight excluding hydrogens is 420 g/mol. The monoisotopic (exact) mass is 462 g/mol. The summed E-state index contributed by atoms with van der Waals surface area (Å²) in [7, 11) is -1.90. The zero-order valence-corrected chi connectivity index (χ0v) is 22.8. The van der Waals surface area contributed by atoms with Gasteiger partial charge in [0.1, 0.15) is 0 Å². The van der Waals surface area contributed by atoms with Crippen LogP contribution in [0.4, 0.5) is 0 Å². The molecule has 1 aromatic rings. The molecule has 0 bridgehead atoms. The molecule has 0 saturated heterocycles. The lowest BCUT2D eigenvalue weighted by Gasteiger charge is -2.40. The van der Waals surface area contributed by atoms with E-state index in [-0.39, 0.29) is 17.2 Å². The molecule has 1 aliphatic rings. The van der Waals surface area contributed by atoms with Gasteiger partial charge in [-0.2, -0.15) is 0 Å². The predicted molar refractivity (Wildman–Crippen MR) is 137 cm³/mol. The van der Waals surface area contributed by atoms with Crippen LogP contribution in [0.2, 0.25) is 18.1 Å². The molecule has 0 saturated carbocycles. The van der Waals surface area contributed by atoms with Gasteiger partial charge in [-0.15, -0.1) is 11.3 Å². The fourth-order valence-electron chi connectivity index (χ4n) is 3.51. The second-order valence-corrected chi connectivity index (χ2v) is 16.4. The molecule has 0 radical (unpaired) electrons. The van der Waals surface area contributed by atoms with Gasteiger partial charge in [0.05, 0.1) is 16.8 Å². The molecule has 174 valence electrons. The van der Waals surface area contributed by atoms with E-state index in [1.54, 1.807) is 11.3 Å². The van der Waals surface area contributed by atoms with E-state index in [0.29, 0.717) is 5.92 Å². The molecule has 0 unspecified atom stereocenters. The maximum Gasteiger partial charge on any atom is 0.192 e. The lowest BCUT2D eigenvalue weighted by Crippen LogP contribution is -2.47. The standard InChI is InChI=1S/C25H42N2O2SSi/c1-10-12-18(2)13-11-14-23(29-31(8,9)25(5,6)7)24-16-22(27-28-24)19(3)15-21-17-26-20(4)30-21/h10,12,15,17-18,23-24H,11,13-14,16H2,1-9H3/b12-10+,19-15+/t18-,23-,24-/m1/s1. The van der Waals surface area contributed by atoms with Crippen LogP contribution in [-0.4, -0.2) is 31.2 Å². The van der Waals surface area contributed by atoms with E-state index >= 15 is 0 Å². The van der Waals surface area contributed by atoms with Gasteiger partial charge in [-0.05, 0) is 69.3 Å². The highest BCUT2D eigenvalue weighted by Gasteiger charge is 2.42. The van der Waals surface area contributed by atoms with Crippen LogP contribution in [0.3, 0.4) is 0 Å². The van der Waals surface area contributed by atoms with Crippen molar-refractivity contribution in [3.63, 3.8) is 0 Å². The lowest BCUT2D eigenvalue weighted by atomic mass is 9.97. The number of oxime groups is 1. The second kappa shape index (κ2) is 11.1. The van der Waals surface area contributed by atoms with E-state index in [9.17, 15) is 0 Å². The average molecular weight is 463 g/mol. The maximum absolute atomic E-state index is 6.87. The Labute approximate surface area is 195 Å². The van der Waals surface area contributed by atoms with Crippen molar-refractivity contribution in [2.24, 2.45) is 11.1 Å². The third kappa shape index (κ3) is 7.69. The van der Waals surface area contributed by atoms with Crippen LogP contribution in [0.25, 0.3) is 6.08 Å². The minimum absolute atomic E-state index is 0.00676. The number of thiazole rings is 1. The fourth-order valence-corrected chi connectivity index (χ4v) is 5.68. The Kier molecular flexibility index (Phi) is 9.28. The highest BCUT2D eigenvalue weighted by molar-refractivity contribution is 7.12. The summed E-state index contributed by atoms with van der Waals surface area (Å²) in [6.45, 7) is 20.1. The summed E-state index contributed by atoms with van der Waals surface area (Å²) in [6.07, 6.45) is 12.7. The van der Waals surface area contributed by atoms with Crippen molar-refractivity contribution in [3.05, 3.63) is 33.8 Å². The molecule has 3 atom stereocenters. The van der Waals surface area contributed by atoms with Crippen molar-refractivity contribution < 1.29 is 9.26 Å². The molecule has 0 aliphatic carbocycles. The predicted octanol–water partition coefficient (Wildman–Crippen LogP) is 7.77. The normalized spacial score (nSPS) is 20.1. The van der Waals surface area contributed by atoms with Gasteiger partial charge in [-0.25, -0.2) is 4.98 Å². The smallest absolute Gasteiger partial charge is 0.192 e. The minimum Gasteiger partial charge on any atom is -0.410 e. The van der Waals surface area contributed by atoms with Crippen LogP contribution in [-0.2, 0) is 9.26 Å². The Morgan fingerprint density at radius 3 is 2.65 bits per heavy atom. The Hall–Kier alpha value is -1.24. The molecular formula is C25H42N2O2SSi. The van der Waals surface area contributed by atoms with E-state index < -0.39 is 8.32 Å². The van der Waals surface area contributed by atoms with Crippen LogP contribution in [0.15, 0.2) is 29.1 Å². The third-order valence-corrected chi connectivity index (χ3v) is 11.8. The van der Waals surface area contributed by atoms with Crippen LogP contribution in [0, 0.1) is 12.8 Å². The summed E-state index contributed by atoms with van der Waals surface area (Å²) in [5.41, 5.74) is 2.18. The maximum atomic E-state index is 6.87. The Morgan fingerprint density at radius 2 is 2.06 bits per heavy atom. The highest BCUT2D eigenvalue weighted by Crippen LogP contribution is 2.39. The lowest BCUT2D eigenvalue weighted by molar-refractivity contribution is -0.0151. The molecule has 0 spiro atoms. The van der Waals surface area contributed by atoms with Gasteiger partial charge in [-0.1, -0.05) is 51.4 Å². The number of allylic oxidation sites excluding steroid dienone is 3. The Bertz CT molecular complexity index is 805. The zero-order chi connectivity index (χ0) is 23.2. The van der Waals surface area contributed by atoms with Crippen LogP contribution in [0.1, 0.15) is 77.1 Å². The average Bonchev–Trinajstić information content (AvgIpc) is 3.29. The number of aromatic nitrogens is 1. The minimum atomic E-state index is -1.90. The molecule has 2 heterocycles. The second-order valence-electron chi connectivity index (χ2n) is 10.3. The van der Waals surface area contributed by atoms with Crippen molar-refractivity contribution >= 4 is 31.4 Å². The summed E-state index contributed by atoms with van der Waals surface area (Å²) in [5, 5.41) is 5.71. The van der Waals surface area contributed by atoms with Crippen molar-refractivity contribution in [3.8, 4) is 0 Å². The first-order valence-electron chi connectivity index (χ1n) is 11.6. The first-order valence-corrected chi connectivity index (χ1v) is 15.3. The molecule has 4 nitrogen and oxygen atoms in total. The molecule has 0 N–H and O–H groups in total. The molecule has 1 aliphatic heterocycles. The van der Waals surface area contributed by atoms with Gasteiger partial charge in [0.25, 0.3) is 0 Å². The number of nitrogens with zero attached hydrogens (tertiary/aromatic N) is 2. The molecule has 6 heteroatoms. The van der Waals surface area contributed by atoms with E-state index in [1.807, 2.05) is 13.1 Å². The largest absolute Gasteiger partial charge is 0.410 e. The highest BCUT2D eigenvalue weighted by atomic mass is 32.1. The number of hydrogen-bond donors (Lipinski definition) is 0. The quantitative estimate of drug-likeness (QED) is 0.263. The van der Waals surface area contributed by atoms with E-state index in [1.165, 1.54) is 6.42 Å². The molecule has 1 aromatic heterocycles. The van der Waals surface area contributed by atoms with Crippen LogP contribution >= 0.6 is 11.3 Å². The first kappa shape index (κ1) is 26.0. The number of hydrogen-bond acceptors (Lipinski definition) is 5. The van der Waals surface area contributed by atoms with Gasteiger partial charge in [0.2, 0.25) is 0 Å². The Morgan fingerprint density at radius 1 is 1.35 bits per heavy atom. The zero-order valence-electron chi connectivity index (χ0n) is 21.0. The SMILES string of the molecule is C/C=C/[C@@H](C)CCC[C@@H](O[Si](C)(C)C(C)(C)C)[C@H]1CC(/C(C)=C/c2cnc(C)s2)=NO1. The number of rotatable bonds is 10. The molecule has 0 fully saturated rings. The van der Waals surface area contributed by atoms with E-state index in [0.717, 1.165) is 40.4 Å². The summed E-state index contributed by atoms with van der Waals surface area (Å²) < 4.78 is 6.87. The van der Waals surface area contributed by atoms with Gasteiger partial charge in [-0.3, -0.25) is 0 Å². The van der Waals surface area contributed by atoms with Gasteiger partial charge >= 0.3 is 0 Å². The van der Waals surface area contributed by atoms with E-state index in [2.05, 4.69) is 83.0 Å². The molecule has 2 rings (SSSR count). The van der Waals surface area contributed by atoms with Crippen LogP contribution in [0.5, 0.6) is 0 Å². The summed E-state index contributed by atoms with van der Waals surface area (Å²) >= 11 is 1.70. The van der Waals surface area contributed by atoms with E-state index in [4.69, 9.17) is 9.26 Å². The van der Waals surface area contributed by atoms with Gasteiger partial charge < -0.3 is 9.26 Å². The van der Waals surface area contributed by atoms with Gasteiger partial charge in [0, 0.05) is 17.5 Å².